The number of hydrogen-bond donors (Lipinski definition) is 0. The van der Waals surface area contributed by atoms with Crippen molar-refractivity contribution in [3.8, 4) is 0 Å². The van der Waals surface area contributed by atoms with Gasteiger partial charge in [0.15, 0.2) is 6.54 Å². The van der Waals surface area contributed by atoms with Crippen LogP contribution in [0, 0.1) is 5.21 Å². The first kappa shape index (κ1) is 14.6. The molecule has 0 unspecified atom stereocenters. The van der Waals surface area contributed by atoms with Crippen molar-refractivity contribution < 1.29 is 9.20 Å². The summed E-state index contributed by atoms with van der Waals surface area (Å²) >= 11 is 0. The molecule has 1 rings (SSSR count). The van der Waals surface area contributed by atoms with Gasteiger partial charge in [0.05, 0.1) is 0 Å². The lowest BCUT2D eigenvalue weighted by atomic mass is 10.1. The molecule has 1 aromatic rings. The molecule has 0 amide bonds. The Kier molecular flexibility index (Phi) is 7.75. The van der Waals surface area contributed by atoms with E-state index in [9.17, 15) is 5.21 Å². The standard InChI is InChI=1S/C12H22N4O2/c1-2-3-4-5-6-7-8-9-10-16-11-12(13-14-17)18-15-16/h11H,2-10H2,1H3. The zero-order valence-corrected chi connectivity index (χ0v) is 11.0. The fourth-order valence-corrected chi connectivity index (χ4v) is 1.87. The molecule has 0 aliphatic rings. The van der Waals surface area contributed by atoms with E-state index >= 15 is 0 Å². The van der Waals surface area contributed by atoms with Crippen LogP contribution in [-0.2, 0) is 6.54 Å². The smallest absolute Gasteiger partial charge is 0.339 e. The van der Waals surface area contributed by atoms with E-state index in [2.05, 4.69) is 22.6 Å². The topological polar surface area (TPSA) is 77.7 Å². The third-order valence-corrected chi connectivity index (χ3v) is 2.88. The van der Waals surface area contributed by atoms with Crippen LogP contribution in [0.4, 0.5) is 5.88 Å². The second-order valence-corrected chi connectivity index (χ2v) is 4.46. The van der Waals surface area contributed by atoms with Gasteiger partial charge in [0, 0.05) is 6.42 Å². The Labute approximate surface area is 108 Å². The maximum Gasteiger partial charge on any atom is 0.339 e. The number of aryl methyl sites for hydroxylation is 1. The average Bonchev–Trinajstić information content (AvgIpc) is 2.81. The van der Waals surface area contributed by atoms with Crippen molar-refractivity contribution in [1.82, 2.24) is 5.27 Å². The van der Waals surface area contributed by atoms with Gasteiger partial charge >= 0.3 is 5.88 Å². The highest BCUT2D eigenvalue weighted by Gasteiger charge is 2.09. The maximum absolute atomic E-state index is 9.88. The third-order valence-electron chi connectivity index (χ3n) is 2.88. The molecule has 0 aliphatic heterocycles. The van der Waals surface area contributed by atoms with Crippen molar-refractivity contribution in [1.29, 1.82) is 0 Å². The molecule has 1 aromatic heterocycles. The first-order chi connectivity index (χ1) is 8.86. The predicted octanol–water partition coefficient (Wildman–Crippen LogP) is 3.68. The Hall–Kier alpha value is -1.46. The zero-order chi connectivity index (χ0) is 13.1. The molecule has 6 nitrogen and oxygen atoms in total. The number of hydrogen-bond acceptors (Lipinski definition) is 5. The van der Waals surface area contributed by atoms with Crippen molar-refractivity contribution in [3.63, 3.8) is 0 Å². The number of rotatable bonds is 10. The van der Waals surface area contributed by atoms with E-state index in [-0.39, 0.29) is 5.88 Å². The Balaban J connectivity index is 2.00. The highest BCUT2D eigenvalue weighted by molar-refractivity contribution is 5.09. The molecule has 0 saturated carbocycles. The number of aromatic nitrogens is 2. The summed E-state index contributed by atoms with van der Waals surface area (Å²) in [6.07, 6.45) is 11.8. The van der Waals surface area contributed by atoms with Crippen LogP contribution in [0.2, 0.25) is 0 Å². The highest BCUT2D eigenvalue weighted by atomic mass is 16.5. The minimum atomic E-state index is 0.157. The molecule has 0 radical (unpaired) electrons. The van der Waals surface area contributed by atoms with Gasteiger partial charge in [-0.1, -0.05) is 50.1 Å². The van der Waals surface area contributed by atoms with E-state index < -0.39 is 0 Å². The molecule has 0 aromatic carbocycles. The van der Waals surface area contributed by atoms with Gasteiger partial charge in [-0.15, -0.1) is 5.11 Å². The summed E-state index contributed by atoms with van der Waals surface area (Å²) in [7, 11) is 0. The molecule has 0 bridgehead atoms. The normalized spacial score (nSPS) is 11.4. The summed E-state index contributed by atoms with van der Waals surface area (Å²) in [4.78, 5) is 0. The van der Waals surface area contributed by atoms with Crippen molar-refractivity contribution in [2.45, 2.75) is 64.8 Å². The van der Waals surface area contributed by atoms with E-state index in [0.29, 0.717) is 0 Å². The van der Waals surface area contributed by atoms with Gasteiger partial charge < -0.3 is 5.21 Å². The molecule has 0 N–H and O–H groups in total. The van der Waals surface area contributed by atoms with E-state index in [4.69, 9.17) is 4.52 Å². The Morgan fingerprint density at radius 2 is 1.83 bits per heavy atom. The SMILES string of the molecule is CCCCCCCCCC[n+]1cc(/N=N/[O-])on1. The summed E-state index contributed by atoms with van der Waals surface area (Å²) < 4.78 is 6.43. The lowest BCUT2D eigenvalue weighted by Gasteiger charge is -1.98. The number of unbranched alkanes of at least 4 members (excludes halogenated alkanes) is 7. The molecule has 6 heteroatoms. The van der Waals surface area contributed by atoms with Crippen LogP contribution in [0.3, 0.4) is 0 Å². The fourth-order valence-electron chi connectivity index (χ4n) is 1.87. The monoisotopic (exact) mass is 254 g/mol. The minimum absolute atomic E-state index is 0.157. The van der Waals surface area contributed by atoms with Crippen molar-refractivity contribution in [2.75, 3.05) is 0 Å². The van der Waals surface area contributed by atoms with Crippen molar-refractivity contribution in [3.05, 3.63) is 11.4 Å². The molecule has 0 atom stereocenters. The van der Waals surface area contributed by atoms with Crippen molar-refractivity contribution >= 4 is 5.88 Å². The quantitative estimate of drug-likeness (QED) is 0.276. The zero-order valence-electron chi connectivity index (χ0n) is 11.0. The second-order valence-electron chi connectivity index (χ2n) is 4.46. The first-order valence-electron chi connectivity index (χ1n) is 6.76. The average molecular weight is 254 g/mol. The summed E-state index contributed by atoms with van der Waals surface area (Å²) in [6.45, 7) is 3.03. The van der Waals surface area contributed by atoms with Crippen LogP contribution in [0.25, 0.3) is 0 Å². The Morgan fingerprint density at radius 1 is 1.17 bits per heavy atom. The first-order valence-corrected chi connectivity index (χ1v) is 6.76. The molecule has 0 spiro atoms. The van der Waals surface area contributed by atoms with Gasteiger partial charge in [0.25, 0.3) is 6.20 Å². The summed E-state index contributed by atoms with van der Waals surface area (Å²) in [6, 6.07) is 0. The molecule has 18 heavy (non-hydrogen) atoms. The third kappa shape index (κ3) is 6.32. The lowest BCUT2D eigenvalue weighted by Crippen LogP contribution is -2.34. The van der Waals surface area contributed by atoms with E-state index in [1.165, 1.54) is 44.9 Å². The second kappa shape index (κ2) is 9.56. The summed E-state index contributed by atoms with van der Waals surface area (Å²) in [5.41, 5.74) is 0. The van der Waals surface area contributed by atoms with Gasteiger partial charge in [0.2, 0.25) is 5.27 Å². The molecule has 102 valence electrons. The fraction of sp³-hybridized carbons (Fsp3) is 0.833. The minimum Gasteiger partial charge on any atom is -0.775 e. The predicted molar refractivity (Wildman–Crippen MR) is 67.2 cm³/mol. The molecular formula is C12H22N4O2. The van der Waals surface area contributed by atoms with Crippen LogP contribution in [0.1, 0.15) is 58.3 Å². The largest absolute Gasteiger partial charge is 0.775 e. The van der Waals surface area contributed by atoms with Gasteiger partial charge in [-0.2, -0.15) is 0 Å². The van der Waals surface area contributed by atoms with E-state index in [1.54, 1.807) is 10.9 Å². The highest BCUT2D eigenvalue weighted by Crippen LogP contribution is 2.09. The van der Waals surface area contributed by atoms with Gasteiger partial charge in [-0.05, 0) is 6.42 Å². The van der Waals surface area contributed by atoms with Gasteiger partial charge in [-0.3, -0.25) is 4.52 Å². The van der Waals surface area contributed by atoms with Crippen molar-refractivity contribution in [2.24, 2.45) is 10.4 Å². The van der Waals surface area contributed by atoms with Crippen LogP contribution >= 0.6 is 0 Å². The van der Waals surface area contributed by atoms with Gasteiger partial charge in [0.1, 0.15) is 0 Å². The van der Waals surface area contributed by atoms with E-state index in [1.807, 2.05) is 0 Å². The van der Waals surface area contributed by atoms with Gasteiger partial charge in [-0.25, -0.2) is 5.28 Å². The van der Waals surface area contributed by atoms with Crippen LogP contribution < -0.4 is 4.68 Å². The van der Waals surface area contributed by atoms with Crippen LogP contribution in [0.15, 0.2) is 21.1 Å². The molecule has 0 aliphatic carbocycles. The maximum atomic E-state index is 9.88. The molecule has 1 heterocycles. The number of nitrogens with zero attached hydrogens (tertiary/aromatic N) is 4. The van der Waals surface area contributed by atoms with Crippen LogP contribution in [0.5, 0.6) is 0 Å². The molecular weight excluding hydrogens is 232 g/mol. The van der Waals surface area contributed by atoms with E-state index in [0.717, 1.165) is 13.0 Å². The Morgan fingerprint density at radius 3 is 2.50 bits per heavy atom. The Bertz CT molecular complexity index is 339. The molecule has 0 saturated heterocycles. The lowest BCUT2D eigenvalue weighted by molar-refractivity contribution is -0.762. The summed E-state index contributed by atoms with van der Waals surface area (Å²) in [5.74, 6) is 0.157. The van der Waals surface area contributed by atoms with Crippen LogP contribution in [-0.4, -0.2) is 5.27 Å². The summed E-state index contributed by atoms with van der Waals surface area (Å²) in [5, 5.41) is 19.2. The molecule has 0 fully saturated rings.